The number of thiazole rings is 1. The van der Waals surface area contributed by atoms with E-state index in [-0.39, 0.29) is 6.04 Å². The average Bonchev–Trinajstić information content (AvgIpc) is 2.85. The van der Waals surface area contributed by atoms with Gasteiger partial charge in [0, 0.05) is 11.6 Å². The fraction of sp³-hybridized carbons (Fsp3) is 0.167. The van der Waals surface area contributed by atoms with Crippen LogP contribution in [0.25, 0.3) is 0 Å². The second-order valence-corrected chi connectivity index (χ2v) is 4.58. The first-order chi connectivity index (χ1) is 8.20. The number of nitriles is 1. The summed E-state index contributed by atoms with van der Waals surface area (Å²) in [5, 5.41) is 15.0. The molecule has 5 heteroatoms. The van der Waals surface area contributed by atoms with Gasteiger partial charge in [0.2, 0.25) is 0 Å². The van der Waals surface area contributed by atoms with Crippen molar-refractivity contribution >= 4 is 22.7 Å². The van der Waals surface area contributed by atoms with E-state index in [2.05, 4.69) is 16.4 Å². The highest BCUT2D eigenvalue weighted by atomic mass is 32.1. The van der Waals surface area contributed by atoms with E-state index < -0.39 is 0 Å². The van der Waals surface area contributed by atoms with Crippen molar-refractivity contribution in [1.82, 2.24) is 4.98 Å². The molecule has 0 aliphatic heterocycles. The highest BCUT2D eigenvalue weighted by Gasteiger charge is 2.09. The maximum Gasteiger partial charge on any atom is 0.115 e. The SMILES string of the molecule is CC(Nc1ccc(C#N)cc1N)c1nccs1. The highest BCUT2D eigenvalue weighted by Crippen LogP contribution is 2.25. The minimum absolute atomic E-state index is 0.102. The van der Waals surface area contributed by atoms with Crippen LogP contribution in [0.5, 0.6) is 0 Å². The molecular formula is C12H12N4S. The van der Waals surface area contributed by atoms with Gasteiger partial charge in [-0.2, -0.15) is 5.26 Å². The molecular weight excluding hydrogens is 232 g/mol. The molecule has 1 unspecified atom stereocenters. The lowest BCUT2D eigenvalue weighted by molar-refractivity contribution is 0.870. The second kappa shape index (κ2) is 4.85. The molecule has 2 rings (SSSR count). The molecule has 1 atom stereocenters. The number of nitrogens with two attached hydrogens (primary N) is 1. The van der Waals surface area contributed by atoms with Gasteiger partial charge < -0.3 is 11.1 Å². The van der Waals surface area contributed by atoms with Crippen LogP contribution in [0.15, 0.2) is 29.8 Å². The number of nitrogen functional groups attached to an aromatic ring is 1. The van der Waals surface area contributed by atoms with Crippen LogP contribution in [0.4, 0.5) is 11.4 Å². The summed E-state index contributed by atoms with van der Waals surface area (Å²) in [6, 6.07) is 7.38. The Bertz CT molecular complexity index is 542. The average molecular weight is 244 g/mol. The summed E-state index contributed by atoms with van der Waals surface area (Å²) < 4.78 is 0. The Balaban J connectivity index is 2.17. The molecule has 0 aliphatic rings. The van der Waals surface area contributed by atoms with Crippen molar-refractivity contribution in [2.24, 2.45) is 0 Å². The maximum atomic E-state index is 8.75. The third-order valence-electron chi connectivity index (χ3n) is 2.37. The number of nitrogens with one attached hydrogen (secondary N) is 1. The fourth-order valence-corrected chi connectivity index (χ4v) is 2.15. The molecule has 17 heavy (non-hydrogen) atoms. The van der Waals surface area contributed by atoms with Crippen LogP contribution in [-0.4, -0.2) is 4.98 Å². The molecule has 86 valence electrons. The molecule has 0 fully saturated rings. The fourth-order valence-electron chi connectivity index (χ4n) is 1.51. The topological polar surface area (TPSA) is 74.7 Å². The van der Waals surface area contributed by atoms with E-state index in [4.69, 9.17) is 11.0 Å². The predicted octanol–water partition coefficient (Wildman–Crippen LogP) is 2.77. The van der Waals surface area contributed by atoms with E-state index in [1.807, 2.05) is 18.4 Å². The number of aromatic nitrogens is 1. The standard InChI is InChI=1S/C12H12N4S/c1-8(12-15-4-5-17-12)16-11-3-2-9(7-13)6-10(11)14/h2-6,8,16H,14H2,1H3. The molecule has 0 bridgehead atoms. The van der Waals surface area contributed by atoms with E-state index in [1.54, 1.807) is 29.7 Å². The third kappa shape index (κ3) is 2.55. The van der Waals surface area contributed by atoms with Crippen molar-refractivity contribution in [2.45, 2.75) is 13.0 Å². The Morgan fingerprint density at radius 1 is 1.53 bits per heavy atom. The Morgan fingerprint density at radius 3 is 2.94 bits per heavy atom. The smallest absolute Gasteiger partial charge is 0.115 e. The van der Waals surface area contributed by atoms with Crippen LogP contribution in [0.2, 0.25) is 0 Å². The zero-order valence-corrected chi connectivity index (χ0v) is 10.2. The molecule has 0 saturated heterocycles. The summed E-state index contributed by atoms with van der Waals surface area (Å²) >= 11 is 1.60. The van der Waals surface area contributed by atoms with Gasteiger partial charge in [-0.25, -0.2) is 4.98 Å². The predicted molar refractivity (Wildman–Crippen MR) is 69.7 cm³/mol. The number of benzene rings is 1. The summed E-state index contributed by atoms with van der Waals surface area (Å²) in [7, 11) is 0. The van der Waals surface area contributed by atoms with Crippen LogP contribution in [0, 0.1) is 11.3 Å². The van der Waals surface area contributed by atoms with Gasteiger partial charge in [0.15, 0.2) is 0 Å². The molecule has 4 nitrogen and oxygen atoms in total. The highest BCUT2D eigenvalue weighted by molar-refractivity contribution is 7.09. The molecule has 1 heterocycles. The Labute approximate surface area is 104 Å². The molecule has 0 radical (unpaired) electrons. The van der Waals surface area contributed by atoms with Crippen molar-refractivity contribution < 1.29 is 0 Å². The zero-order chi connectivity index (χ0) is 12.3. The summed E-state index contributed by atoms with van der Waals surface area (Å²) in [6.07, 6.45) is 1.78. The summed E-state index contributed by atoms with van der Waals surface area (Å²) in [6.45, 7) is 2.02. The molecule has 0 spiro atoms. The van der Waals surface area contributed by atoms with Crippen molar-refractivity contribution in [1.29, 1.82) is 5.26 Å². The first-order valence-electron chi connectivity index (χ1n) is 5.16. The van der Waals surface area contributed by atoms with Gasteiger partial charge in [-0.15, -0.1) is 11.3 Å². The quantitative estimate of drug-likeness (QED) is 0.814. The lowest BCUT2D eigenvalue weighted by Gasteiger charge is -2.14. The van der Waals surface area contributed by atoms with Crippen LogP contribution in [0.1, 0.15) is 23.5 Å². The number of hydrogen-bond donors (Lipinski definition) is 2. The maximum absolute atomic E-state index is 8.75. The minimum Gasteiger partial charge on any atom is -0.397 e. The van der Waals surface area contributed by atoms with Crippen molar-refractivity contribution in [3.63, 3.8) is 0 Å². The van der Waals surface area contributed by atoms with Gasteiger partial charge in [-0.1, -0.05) is 0 Å². The molecule has 1 aromatic carbocycles. The van der Waals surface area contributed by atoms with E-state index in [0.717, 1.165) is 10.7 Å². The lowest BCUT2D eigenvalue weighted by Crippen LogP contribution is -2.08. The monoisotopic (exact) mass is 244 g/mol. The molecule has 0 amide bonds. The summed E-state index contributed by atoms with van der Waals surface area (Å²) in [5.74, 6) is 0. The van der Waals surface area contributed by atoms with Crippen LogP contribution < -0.4 is 11.1 Å². The van der Waals surface area contributed by atoms with E-state index >= 15 is 0 Å². The van der Waals surface area contributed by atoms with Crippen LogP contribution >= 0.6 is 11.3 Å². The molecule has 0 aliphatic carbocycles. The van der Waals surface area contributed by atoms with Gasteiger partial charge >= 0.3 is 0 Å². The van der Waals surface area contributed by atoms with Gasteiger partial charge in [-0.3, -0.25) is 0 Å². The largest absolute Gasteiger partial charge is 0.397 e. The van der Waals surface area contributed by atoms with E-state index in [0.29, 0.717) is 11.3 Å². The first-order valence-corrected chi connectivity index (χ1v) is 6.04. The Hall–Kier alpha value is -2.06. The summed E-state index contributed by atoms with van der Waals surface area (Å²) in [4.78, 5) is 4.24. The lowest BCUT2D eigenvalue weighted by atomic mass is 10.2. The number of anilines is 2. The van der Waals surface area contributed by atoms with Crippen molar-refractivity contribution in [3.05, 3.63) is 40.3 Å². The van der Waals surface area contributed by atoms with Gasteiger partial charge in [0.1, 0.15) is 5.01 Å². The van der Waals surface area contributed by atoms with Crippen molar-refractivity contribution in [3.8, 4) is 6.07 Å². The van der Waals surface area contributed by atoms with E-state index in [9.17, 15) is 0 Å². The number of nitrogens with zero attached hydrogens (tertiary/aromatic N) is 2. The van der Waals surface area contributed by atoms with Crippen LogP contribution in [-0.2, 0) is 0 Å². The van der Waals surface area contributed by atoms with Crippen molar-refractivity contribution in [2.75, 3.05) is 11.1 Å². The summed E-state index contributed by atoms with van der Waals surface area (Å²) in [5.41, 5.74) is 7.83. The molecule has 1 aromatic heterocycles. The van der Waals surface area contributed by atoms with Crippen LogP contribution in [0.3, 0.4) is 0 Å². The number of rotatable bonds is 3. The van der Waals surface area contributed by atoms with Gasteiger partial charge in [-0.05, 0) is 25.1 Å². The van der Waals surface area contributed by atoms with Gasteiger partial charge in [0.25, 0.3) is 0 Å². The zero-order valence-electron chi connectivity index (χ0n) is 9.34. The Kier molecular flexibility index (Phi) is 3.26. The van der Waals surface area contributed by atoms with E-state index in [1.165, 1.54) is 0 Å². The minimum atomic E-state index is 0.102. The molecule has 0 saturated carbocycles. The second-order valence-electron chi connectivity index (χ2n) is 3.65. The molecule has 2 aromatic rings. The normalized spacial score (nSPS) is 11.8. The number of hydrogen-bond acceptors (Lipinski definition) is 5. The third-order valence-corrected chi connectivity index (χ3v) is 3.33. The Morgan fingerprint density at radius 2 is 2.35 bits per heavy atom. The molecule has 3 N–H and O–H groups in total. The first kappa shape index (κ1) is 11.4. The van der Waals surface area contributed by atoms with Gasteiger partial charge in [0.05, 0.1) is 29.0 Å².